The minimum absolute atomic E-state index is 0.206. The fourth-order valence-electron chi connectivity index (χ4n) is 4.97. The van der Waals surface area contributed by atoms with Crippen LogP contribution in [0.15, 0.2) is 4.99 Å². The molecule has 0 spiro atoms. The minimum atomic E-state index is 0.206. The normalized spacial score (nSPS) is 24.2. The second kappa shape index (κ2) is 9.72. The predicted octanol–water partition coefficient (Wildman–Crippen LogP) is 2.70. The van der Waals surface area contributed by atoms with Crippen molar-refractivity contribution in [1.82, 2.24) is 25.4 Å². The summed E-state index contributed by atoms with van der Waals surface area (Å²) in [5.41, 5.74) is 0.206. The van der Waals surface area contributed by atoms with E-state index in [0.29, 0.717) is 12.1 Å². The van der Waals surface area contributed by atoms with Crippen molar-refractivity contribution in [3.05, 3.63) is 11.6 Å². The number of hydrogen-bond acceptors (Lipinski definition) is 4. The van der Waals surface area contributed by atoms with E-state index in [4.69, 9.17) is 4.74 Å². The number of hydrogen-bond donors (Lipinski definition) is 2. The number of nitrogens with one attached hydrogen (secondary N) is 2. The van der Waals surface area contributed by atoms with Gasteiger partial charge >= 0.3 is 0 Å². The molecule has 2 N–H and O–H groups in total. The molecule has 0 aromatic carbocycles. The predicted molar refractivity (Wildman–Crippen MR) is 113 cm³/mol. The molecule has 7 nitrogen and oxygen atoms in total. The van der Waals surface area contributed by atoms with Crippen molar-refractivity contribution in [3.63, 3.8) is 0 Å². The standard InChI is InChI=1S/C21H38N6O/c1-5-21(6-2)16(15-17(21)28-7-3)24-20(22-4)23-13-12-19-26-25-18-11-9-8-10-14-27(18)19/h16-17H,5-15H2,1-4H3,(H2,22,23,24). The van der Waals surface area contributed by atoms with Crippen LogP contribution in [0.3, 0.4) is 0 Å². The highest BCUT2D eigenvalue weighted by atomic mass is 16.5. The smallest absolute Gasteiger partial charge is 0.191 e. The number of nitrogens with zero attached hydrogens (tertiary/aromatic N) is 4. The summed E-state index contributed by atoms with van der Waals surface area (Å²) in [4.78, 5) is 4.45. The van der Waals surface area contributed by atoms with Gasteiger partial charge in [0.15, 0.2) is 5.96 Å². The fourth-order valence-corrected chi connectivity index (χ4v) is 4.97. The Balaban J connectivity index is 1.52. The Morgan fingerprint density at radius 2 is 2.04 bits per heavy atom. The summed E-state index contributed by atoms with van der Waals surface area (Å²) in [6.07, 6.45) is 9.32. The first-order valence-electron chi connectivity index (χ1n) is 11.2. The van der Waals surface area contributed by atoms with Crippen molar-refractivity contribution in [1.29, 1.82) is 0 Å². The summed E-state index contributed by atoms with van der Waals surface area (Å²) in [6, 6.07) is 0.412. The van der Waals surface area contributed by atoms with Crippen molar-refractivity contribution in [3.8, 4) is 0 Å². The lowest BCUT2D eigenvalue weighted by Crippen LogP contribution is -2.65. The summed E-state index contributed by atoms with van der Waals surface area (Å²) in [5, 5.41) is 16.0. The third-order valence-electron chi connectivity index (χ3n) is 6.83. The maximum Gasteiger partial charge on any atom is 0.191 e. The van der Waals surface area contributed by atoms with Gasteiger partial charge in [0.2, 0.25) is 0 Å². The molecule has 3 rings (SSSR count). The van der Waals surface area contributed by atoms with Crippen LogP contribution in [0.5, 0.6) is 0 Å². The lowest BCUT2D eigenvalue weighted by atomic mass is 9.58. The Labute approximate surface area is 169 Å². The molecule has 2 aliphatic rings. The quantitative estimate of drug-likeness (QED) is 0.527. The molecule has 0 radical (unpaired) electrons. The van der Waals surface area contributed by atoms with Crippen LogP contribution in [0.4, 0.5) is 0 Å². The first-order valence-corrected chi connectivity index (χ1v) is 11.2. The zero-order chi connectivity index (χ0) is 20.0. The van der Waals surface area contributed by atoms with Gasteiger partial charge in [0.25, 0.3) is 0 Å². The number of aromatic nitrogens is 3. The zero-order valence-corrected chi connectivity index (χ0v) is 18.1. The zero-order valence-electron chi connectivity index (χ0n) is 18.1. The summed E-state index contributed by atoms with van der Waals surface area (Å²) >= 11 is 0. The van der Waals surface area contributed by atoms with E-state index < -0.39 is 0 Å². The maximum atomic E-state index is 6.00. The van der Waals surface area contributed by atoms with Crippen LogP contribution in [0.1, 0.15) is 70.9 Å². The highest BCUT2D eigenvalue weighted by molar-refractivity contribution is 5.80. The summed E-state index contributed by atoms with van der Waals surface area (Å²) in [7, 11) is 1.84. The highest BCUT2D eigenvalue weighted by Crippen LogP contribution is 2.48. The second-order valence-corrected chi connectivity index (χ2v) is 8.06. The van der Waals surface area contributed by atoms with Gasteiger partial charge in [-0.3, -0.25) is 4.99 Å². The molecule has 1 fully saturated rings. The molecule has 7 heteroatoms. The number of rotatable bonds is 8. The van der Waals surface area contributed by atoms with E-state index >= 15 is 0 Å². The maximum absolute atomic E-state index is 6.00. The van der Waals surface area contributed by atoms with Crippen LogP contribution in [-0.4, -0.2) is 53.1 Å². The Morgan fingerprint density at radius 3 is 2.75 bits per heavy atom. The van der Waals surface area contributed by atoms with Crippen molar-refractivity contribution in [2.24, 2.45) is 10.4 Å². The third-order valence-corrected chi connectivity index (χ3v) is 6.83. The Hall–Kier alpha value is -1.63. The average Bonchev–Trinajstić information content (AvgIpc) is 2.93. The molecule has 0 saturated heterocycles. The van der Waals surface area contributed by atoms with Crippen LogP contribution >= 0.6 is 0 Å². The molecule has 1 aliphatic carbocycles. The van der Waals surface area contributed by atoms with Gasteiger partial charge in [-0.1, -0.05) is 20.3 Å². The lowest BCUT2D eigenvalue weighted by Gasteiger charge is -2.55. The summed E-state index contributed by atoms with van der Waals surface area (Å²) in [5.74, 6) is 3.13. The van der Waals surface area contributed by atoms with Crippen LogP contribution < -0.4 is 10.6 Å². The van der Waals surface area contributed by atoms with Gasteiger partial charge in [-0.05, 0) is 39.0 Å². The van der Waals surface area contributed by atoms with E-state index in [0.717, 1.165) is 69.4 Å². The molecular weight excluding hydrogens is 352 g/mol. The topological polar surface area (TPSA) is 76.4 Å². The first-order chi connectivity index (χ1) is 13.7. The molecule has 0 bridgehead atoms. The largest absolute Gasteiger partial charge is 0.378 e. The molecule has 28 heavy (non-hydrogen) atoms. The van der Waals surface area contributed by atoms with Crippen molar-refractivity contribution in [2.75, 3.05) is 20.2 Å². The molecule has 1 aliphatic heterocycles. The molecule has 1 saturated carbocycles. The van der Waals surface area contributed by atoms with Gasteiger partial charge in [0.05, 0.1) is 6.10 Å². The third kappa shape index (κ3) is 4.19. The average molecular weight is 391 g/mol. The second-order valence-electron chi connectivity index (χ2n) is 8.06. The van der Waals surface area contributed by atoms with E-state index in [1.807, 2.05) is 7.05 Å². The van der Waals surface area contributed by atoms with Gasteiger partial charge in [0.1, 0.15) is 11.6 Å². The number of aliphatic imine (C=N–C) groups is 1. The van der Waals surface area contributed by atoms with Crippen LogP contribution in [0.2, 0.25) is 0 Å². The molecule has 2 unspecified atom stereocenters. The van der Waals surface area contributed by atoms with Gasteiger partial charge in [0, 0.05) is 51.0 Å². The van der Waals surface area contributed by atoms with Gasteiger partial charge < -0.3 is 19.9 Å². The van der Waals surface area contributed by atoms with Crippen molar-refractivity contribution >= 4 is 5.96 Å². The van der Waals surface area contributed by atoms with Crippen LogP contribution in [-0.2, 0) is 24.1 Å². The summed E-state index contributed by atoms with van der Waals surface area (Å²) < 4.78 is 8.32. The Morgan fingerprint density at radius 1 is 1.21 bits per heavy atom. The number of fused-ring (bicyclic) bond motifs is 1. The van der Waals surface area contributed by atoms with Gasteiger partial charge in [-0.15, -0.1) is 10.2 Å². The van der Waals surface area contributed by atoms with E-state index in [-0.39, 0.29) is 5.41 Å². The van der Waals surface area contributed by atoms with Gasteiger partial charge in [-0.2, -0.15) is 0 Å². The molecule has 158 valence electrons. The molecule has 1 aromatic rings. The molecular formula is C21H38N6O. The number of ether oxygens (including phenoxy) is 1. The number of guanidine groups is 1. The Kier molecular flexibility index (Phi) is 7.32. The van der Waals surface area contributed by atoms with E-state index in [1.54, 1.807) is 0 Å². The van der Waals surface area contributed by atoms with Crippen molar-refractivity contribution < 1.29 is 4.74 Å². The SMILES string of the molecule is CCOC1CC(NC(=NC)NCCc2nnc3n2CCCCC3)C1(CC)CC. The monoisotopic (exact) mass is 390 g/mol. The molecule has 1 aromatic heterocycles. The lowest BCUT2D eigenvalue weighted by molar-refractivity contribution is -0.133. The summed E-state index contributed by atoms with van der Waals surface area (Å²) in [6.45, 7) is 9.29. The number of aryl methyl sites for hydroxylation is 1. The van der Waals surface area contributed by atoms with Crippen LogP contribution in [0, 0.1) is 5.41 Å². The van der Waals surface area contributed by atoms with Gasteiger partial charge in [-0.25, -0.2) is 0 Å². The molecule has 2 heterocycles. The molecule has 0 amide bonds. The fraction of sp³-hybridized carbons (Fsp3) is 0.857. The van der Waals surface area contributed by atoms with E-state index in [9.17, 15) is 0 Å². The highest BCUT2D eigenvalue weighted by Gasteiger charge is 2.53. The van der Waals surface area contributed by atoms with E-state index in [2.05, 4.69) is 51.2 Å². The van der Waals surface area contributed by atoms with Crippen molar-refractivity contribution in [2.45, 2.75) is 90.8 Å². The van der Waals surface area contributed by atoms with Crippen LogP contribution in [0.25, 0.3) is 0 Å². The Bertz CT molecular complexity index is 651. The first kappa shape index (κ1) is 21.1. The van der Waals surface area contributed by atoms with E-state index in [1.165, 1.54) is 19.3 Å². The molecule has 2 atom stereocenters. The minimum Gasteiger partial charge on any atom is -0.378 e.